The third-order valence-corrected chi connectivity index (χ3v) is 3.17. The Morgan fingerprint density at radius 3 is 3.00 bits per heavy atom. The van der Waals surface area contributed by atoms with Gasteiger partial charge in [-0.3, -0.25) is 4.79 Å². The topological polar surface area (TPSA) is 50.4 Å². The van der Waals surface area contributed by atoms with Crippen molar-refractivity contribution in [1.82, 2.24) is 10.6 Å². The third-order valence-electron chi connectivity index (χ3n) is 3.17. The van der Waals surface area contributed by atoms with Crippen LogP contribution in [0.3, 0.4) is 0 Å². The number of hydrogen-bond acceptors (Lipinski definition) is 3. The van der Waals surface area contributed by atoms with Crippen LogP contribution in [0, 0.1) is 5.92 Å². The summed E-state index contributed by atoms with van der Waals surface area (Å²) >= 11 is 0. The summed E-state index contributed by atoms with van der Waals surface area (Å²) in [6.45, 7) is 7.33. The SMILES string of the molecule is CCCCOCCNC(=O)C1CC(C)CCN1. The van der Waals surface area contributed by atoms with Crippen molar-refractivity contribution in [3.05, 3.63) is 0 Å². The maximum absolute atomic E-state index is 11.8. The standard InChI is InChI=1S/C13H26N2O2/c1-3-4-8-17-9-7-15-13(16)12-10-11(2)5-6-14-12/h11-12,14H,3-10H2,1-2H3,(H,15,16). The van der Waals surface area contributed by atoms with E-state index in [1.54, 1.807) is 0 Å². The molecule has 0 aromatic carbocycles. The number of piperidine rings is 1. The van der Waals surface area contributed by atoms with E-state index in [0.29, 0.717) is 19.1 Å². The fraction of sp³-hybridized carbons (Fsp3) is 0.923. The van der Waals surface area contributed by atoms with E-state index in [9.17, 15) is 4.79 Å². The number of hydrogen-bond donors (Lipinski definition) is 2. The zero-order valence-corrected chi connectivity index (χ0v) is 11.1. The van der Waals surface area contributed by atoms with Gasteiger partial charge in [0, 0.05) is 13.2 Å². The van der Waals surface area contributed by atoms with Gasteiger partial charge >= 0.3 is 0 Å². The Balaban J connectivity index is 2.04. The monoisotopic (exact) mass is 242 g/mol. The first-order valence-corrected chi connectivity index (χ1v) is 6.83. The fourth-order valence-corrected chi connectivity index (χ4v) is 2.03. The molecule has 2 N–H and O–H groups in total. The summed E-state index contributed by atoms with van der Waals surface area (Å²) in [7, 11) is 0. The number of rotatable bonds is 7. The summed E-state index contributed by atoms with van der Waals surface area (Å²) in [5, 5.41) is 6.18. The molecular formula is C13H26N2O2. The highest BCUT2D eigenvalue weighted by Crippen LogP contribution is 2.14. The van der Waals surface area contributed by atoms with Gasteiger partial charge in [0.15, 0.2) is 0 Å². The zero-order valence-electron chi connectivity index (χ0n) is 11.1. The molecule has 1 aliphatic heterocycles. The van der Waals surface area contributed by atoms with E-state index in [0.717, 1.165) is 32.4 Å². The molecule has 17 heavy (non-hydrogen) atoms. The van der Waals surface area contributed by atoms with E-state index < -0.39 is 0 Å². The highest BCUT2D eigenvalue weighted by atomic mass is 16.5. The molecule has 1 rings (SSSR count). The second kappa shape index (κ2) is 8.48. The van der Waals surface area contributed by atoms with Gasteiger partial charge in [0.05, 0.1) is 12.6 Å². The quantitative estimate of drug-likeness (QED) is 0.662. The Morgan fingerprint density at radius 2 is 2.29 bits per heavy atom. The van der Waals surface area contributed by atoms with Crippen LogP contribution < -0.4 is 10.6 Å². The predicted octanol–water partition coefficient (Wildman–Crippen LogP) is 1.31. The molecule has 0 aromatic heterocycles. The van der Waals surface area contributed by atoms with Crippen LogP contribution in [-0.4, -0.2) is 38.3 Å². The number of carbonyl (C=O) groups is 1. The summed E-state index contributed by atoms with van der Waals surface area (Å²) in [4.78, 5) is 11.8. The van der Waals surface area contributed by atoms with E-state index in [4.69, 9.17) is 4.74 Å². The molecule has 1 aliphatic rings. The van der Waals surface area contributed by atoms with E-state index in [1.165, 1.54) is 6.42 Å². The average Bonchev–Trinajstić information content (AvgIpc) is 2.33. The molecule has 1 fully saturated rings. The maximum Gasteiger partial charge on any atom is 0.237 e. The van der Waals surface area contributed by atoms with Crippen LogP contribution in [0.4, 0.5) is 0 Å². The Bertz CT molecular complexity index is 221. The highest BCUT2D eigenvalue weighted by Gasteiger charge is 2.23. The smallest absolute Gasteiger partial charge is 0.237 e. The van der Waals surface area contributed by atoms with Crippen molar-refractivity contribution in [2.24, 2.45) is 5.92 Å². The van der Waals surface area contributed by atoms with E-state index in [-0.39, 0.29) is 11.9 Å². The van der Waals surface area contributed by atoms with Gasteiger partial charge in [0.1, 0.15) is 0 Å². The Kier molecular flexibility index (Phi) is 7.21. The van der Waals surface area contributed by atoms with Crippen LogP contribution in [0.15, 0.2) is 0 Å². The molecule has 2 unspecified atom stereocenters. The summed E-state index contributed by atoms with van der Waals surface area (Å²) in [5.74, 6) is 0.767. The van der Waals surface area contributed by atoms with Gasteiger partial charge in [0.2, 0.25) is 5.91 Å². The van der Waals surface area contributed by atoms with Gasteiger partial charge in [-0.25, -0.2) is 0 Å². The van der Waals surface area contributed by atoms with Crippen LogP contribution in [0.2, 0.25) is 0 Å². The van der Waals surface area contributed by atoms with Gasteiger partial charge < -0.3 is 15.4 Å². The minimum Gasteiger partial charge on any atom is -0.380 e. The van der Waals surface area contributed by atoms with Crippen molar-refractivity contribution in [2.75, 3.05) is 26.3 Å². The van der Waals surface area contributed by atoms with Crippen LogP contribution in [-0.2, 0) is 9.53 Å². The van der Waals surface area contributed by atoms with Gasteiger partial charge in [-0.1, -0.05) is 20.3 Å². The molecule has 4 nitrogen and oxygen atoms in total. The number of amides is 1. The summed E-state index contributed by atoms with van der Waals surface area (Å²) in [6, 6.07) is -0.00519. The predicted molar refractivity (Wildman–Crippen MR) is 68.9 cm³/mol. The molecule has 0 aromatic rings. The van der Waals surface area contributed by atoms with Crippen molar-refractivity contribution in [3.8, 4) is 0 Å². The van der Waals surface area contributed by atoms with Gasteiger partial charge in [-0.05, 0) is 31.7 Å². The fourth-order valence-electron chi connectivity index (χ4n) is 2.03. The number of unbranched alkanes of at least 4 members (excludes halogenated alkanes) is 1. The van der Waals surface area contributed by atoms with Crippen molar-refractivity contribution < 1.29 is 9.53 Å². The molecule has 4 heteroatoms. The first-order chi connectivity index (χ1) is 8.24. The number of ether oxygens (including phenoxy) is 1. The molecule has 0 spiro atoms. The van der Waals surface area contributed by atoms with Crippen molar-refractivity contribution >= 4 is 5.91 Å². The molecule has 100 valence electrons. The molecule has 0 aliphatic carbocycles. The highest BCUT2D eigenvalue weighted by molar-refractivity contribution is 5.81. The first-order valence-electron chi connectivity index (χ1n) is 6.83. The average molecular weight is 242 g/mol. The normalized spacial score (nSPS) is 24.6. The molecule has 1 amide bonds. The van der Waals surface area contributed by atoms with Gasteiger partial charge in [-0.15, -0.1) is 0 Å². The van der Waals surface area contributed by atoms with Crippen molar-refractivity contribution in [1.29, 1.82) is 0 Å². The van der Waals surface area contributed by atoms with Crippen molar-refractivity contribution in [3.63, 3.8) is 0 Å². The molecule has 0 saturated carbocycles. The Hall–Kier alpha value is -0.610. The van der Waals surface area contributed by atoms with Gasteiger partial charge in [0.25, 0.3) is 0 Å². The second-order valence-electron chi connectivity index (χ2n) is 4.89. The Labute approximate surface area is 104 Å². The van der Waals surface area contributed by atoms with Crippen LogP contribution in [0.5, 0.6) is 0 Å². The van der Waals surface area contributed by atoms with Crippen molar-refractivity contribution in [2.45, 2.75) is 45.6 Å². The molecule has 1 heterocycles. The zero-order chi connectivity index (χ0) is 12.5. The third kappa shape index (κ3) is 6.03. The van der Waals surface area contributed by atoms with Gasteiger partial charge in [-0.2, -0.15) is 0 Å². The minimum atomic E-state index is -0.00519. The maximum atomic E-state index is 11.8. The molecular weight excluding hydrogens is 216 g/mol. The lowest BCUT2D eigenvalue weighted by Crippen LogP contribution is -2.48. The van der Waals surface area contributed by atoms with Crippen LogP contribution in [0.25, 0.3) is 0 Å². The summed E-state index contributed by atoms with van der Waals surface area (Å²) in [5.41, 5.74) is 0. The van der Waals surface area contributed by atoms with E-state index >= 15 is 0 Å². The molecule has 0 bridgehead atoms. The number of nitrogens with one attached hydrogen (secondary N) is 2. The molecule has 1 saturated heterocycles. The lowest BCUT2D eigenvalue weighted by Gasteiger charge is -2.27. The van der Waals surface area contributed by atoms with E-state index in [1.807, 2.05) is 0 Å². The second-order valence-corrected chi connectivity index (χ2v) is 4.89. The number of carbonyl (C=O) groups excluding carboxylic acids is 1. The summed E-state index contributed by atoms with van der Waals surface area (Å²) < 4.78 is 5.40. The molecule has 2 atom stereocenters. The van der Waals surface area contributed by atoms with Crippen LogP contribution >= 0.6 is 0 Å². The lowest BCUT2D eigenvalue weighted by atomic mass is 9.94. The minimum absolute atomic E-state index is 0.00519. The molecule has 0 radical (unpaired) electrons. The van der Waals surface area contributed by atoms with Crippen LogP contribution in [0.1, 0.15) is 39.5 Å². The Morgan fingerprint density at radius 1 is 1.47 bits per heavy atom. The largest absolute Gasteiger partial charge is 0.380 e. The van der Waals surface area contributed by atoms with E-state index in [2.05, 4.69) is 24.5 Å². The lowest BCUT2D eigenvalue weighted by molar-refractivity contribution is -0.124. The first kappa shape index (κ1) is 14.5. The summed E-state index contributed by atoms with van der Waals surface area (Å²) in [6.07, 6.45) is 4.36.